The molecule has 3 aliphatic rings. The highest BCUT2D eigenvalue weighted by Gasteiger charge is 2.52. The molecule has 370 valence electrons. The van der Waals surface area contributed by atoms with Gasteiger partial charge in [-0.25, -0.2) is 9.21 Å². The summed E-state index contributed by atoms with van der Waals surface area (Å²) < 4.78 is 62.1. The number of hydrogen-bond donors (Lipinski definition) is 12. The van der Waals surface area contributed by atoms with Crippen LogP contribution in [-0.4, -0.2) is 194 Å². The van der Waals surface area contributed by atoms with Crippen molar-refractivity contribution < 1.29 is 118 Å². The van der Waals surface area contributed by atoms with Gasteiger partial charge in [0, 0.05) is 24.3 Å². The molecule has 68 heavy (non-hydrogen) atoms. The van der Waals surface area contributed by atoms with Crippen LogP contribution in [0.1, 0.15) is 5.56 Å². The number of methoxy groups -OCH3 is 3. The second kappa shape index (κ2) is 21.2. The number of aromatic hydroxyl groups is 4. The molecule has 4 aromatic rings. The van der Waals surface area contributed by atoms with E-state index < -0.39 is 135 Å². The third kappa shape index (κ3) is 10.6. The van der Waals surface area contributed by atoms with Gasteiger partial charge in [-0.3, -0.25) is 0 Å². The Morgan fingerprint density at radius 2 is 1.34 bits per heavy atom. The average molecular weight is 964 g/mol. The molecule has 3 saturated heterocycles. The average Bonchev–Trinajstić information content (AvgIpc) is 3.32. The predicted octanol–water partition coefficient (Wildman–Crippen LogP) is -1.04. The van der Waals surface area contributed by atoms with E-state index in [1.54, 1.807) is 12.1 Å². The summed E-state index contributed by atoms with van der Waals surface area (Å²) in [4.78, 5) is 12.7. The first kappa shape index (κ1) is 50.0. The molecular formula is C44H51O24+. The lowest BCUT2D eigenvalue weighted by Crippen LogP contribution is -2.64. The maximum Gasteiger partial charge on any atom is 0.402 e. The summed E-state index contributed by atoms with van der Waals surface area (Å²) in [6, 6.07) is 10.0. The summed E-state index contributed by atoms with van der Waals surface area (Å²) in [6.45, 7) is -1.96. The van der Waals surface area contributed by atoms with Crippen LogP contribution in [0, 0.1) is 0 Å². The Balaban J connectivity index is 1.11. The minimum absolute atomic E-state index is 0.0413. The van der Waals surface area contributed by atoms with Gasteiger partial charge in [-0.1, -0.05) is 0 Å². The number of phenols is 4. The van der Waals surface area contributed by atoms with Crippen LogP contribution < -0.4 is 18.9 Å². The molecule has 12 N–H and O–H groups in total. The number of rotatable bonds is 15. The van der Waals surface area contributed by atoms with Crippen LogP contribution in [0.15, 0.2) is 59.0 Å². The second-order valence-corrected chi connectivity index (χ2v) is 15.8. The van der Waals surface area contributed by atoms with Crippen LogP contribution in [0.4, 0.5) is 0 Å². The number of ether oxygens (including phenoxy) is 10. The first-order valence-corrected chi connectivity index (χ1v) is 20.7. The van der Waals surface area contributed by atoms with Gasteiger partial charge < -0.3 is 109 Å². The van der Waals surface area contributed by atoms with Crippen LogP contribution in [-0.2, 0) is 33.2 Å². The Labute approximate surface area is 385 Å². The number of aliphatic hydroxyl groups excluding tert-OH is 8. The smallest absolute Gasteiger partial charge is 0.402 e. The number of carbonyl (C=O) groups excluding carboxylic acids is 1. The van der Waals surface area contributed by atoms with Gasteiger partial charge in [-0.2, -0.15) is 0 Å². The highest BCUT2D eigenvalue weighted by molar-refractivity contribution is 5.89. The lowest BCUT2D eigenvalue weighted by atomic mass is 9.98. The standard InChI is InChI=1S/C44H50O24/c1-58-26-8-17(9-27(59-2)40(26)60-3)4-7-31(50)61-15-29-33(52)35(54)38(57)42(66-29)63-16-30-34(53)36(55)41(68-43-37(56)32(51)24(49)14-62-43)44(67-30)65-28-13-20-22(47)11-19(45)12-25(20)64-39(28)18-5-6-21(46)23(48)10-18/h4-13,24,29-30,32-38,41-44,49,51-57H,14-16H2,1-3H3,(H3-,45,46,47,48)/p+1/b7-4+/t24-,29-,30-,32+,33-,34+,35+,36+,37-,38-,41-,42-,43+,44-/m1/s1. The minimum Gasteiger partial charge on any atom is -0.507 e. The van der Waals surface area contributed by atoms with Gasteiger partial charge >= 0.3 is 17.3 Å². The highest BCUT2D eigenvalue weighted by atomic mass is 16.8. The number of esters is 1. The van der Waals surface area contributed by atoms with E-state index in [4.69, 9.17) is 51.8 Å². The SMILES string of the molecule is COc1cc(/C=C/C(=O)OC[C@H]2O[C@@H](OC[C@H]3O[C@@H](Oc4cc5c(O)cc(O)cc5[o+]c4-c4ccc(O)c(O)c4)[C@H](O[C@@H]4OC[C@@H](O)[C@H](O)[C@H]4O)[C@@H](O)[C@H]3O)[C@H](O)[C@@H](O)[C@@H]2O)cc(OC)c1OC. The summed E-state index contributed by atoms with van der Waals surface area (Å²) >= 11 is 0. The fourth-order valence-corrected chi connectivity index (χ4v) is 7.56. The second-order valence-electron chi connectivity index (χ2n) is 15.8. The van der Waals surface area contributed by atoms with Crippen LogP contribution in [0.5, 0.6) is 46.0 Å². The van der Waals surface area contributed by atoms with Crippen molar-refractivity contribution in [3.63, 3.8) is 0 Å². The third-order valence-corrected chi connectivity index (χ3v) is 11.3. The summed E-state index contributed by atoms with van der Waals surface area (Å²) in [6.07, 6.45) is -22.8. The molecule has 3 aliphatic heterocycles. The van der Waals surface area contributed by atoms with E-state index >= 15 is 0 Å². The zero-order chi connectivity index (χ0) is 49.1. The lowest BCUT2D eigenvalue weighted by molar-refractivity contribution is -0.353. The molecule has 0 spiro atoms. The maximum absolute atomic E-state index is 12.7. The molecule has 3 fully saturated rings. The Kier molecular flexibility index (Phi) is 15.6. The molecule has 0 radical (unpaired) electrons. The summed E-state index contributed by atoms with van der Waals surface area (Å²) in [5.74, 6) is -2.46. The molecule has 0 bridgehead atoms. The molecule has 1 aromatic heterocycles. The van der Waals surface area contributed by atoms with Crippen molar-refractivity contribution >= 4 is 23.0 Å². The summed E-state index contributed by atoms with van der Waals surface area (Å²) in [7, 11) is 4.26. The first-order valence-electron chi connectivity index (χ1n) is 20.7. The van der Waals surface area contributed by atoms with Crippen molar-refractivity contribution in [3.05, 3.63) is 60.2 Å². The molecule has 0 saturated carbocycles. The van der Waals surface area contributed by atoms with Crippen LogP contribution in [0.25, 0.3) is 28.4 Å². The van der Waals surface area contributed by atoms with Gasteiger partial charge in [0.1, 0.15) is 84.5 Å². The van der Waals surface area contributed by atoms with E-state index in [0.29, 0.717) is 22.8 Å². The molecular weight excluding hydrogens is 912 g/mol. The minimum atomic E-state index is -2.03. The first-order chi connectivity index (χ1) is 32.4. The molecule has 24 heteroatoms. The molecule has 0 unspecified atom stereocenters. The van der Waals surface area contributed by atoms with Crippen LogP contribution >= 0.6 is 0 Å². The Morgan fingerprint density at radius 3 is 2.01 bits per heavy atom. The normalized spacial score (nSPS) is 30.8. The lowest BCUT2D eigenvalue weighted by Gasteiger charge is -2.45. The van der Waals surface area contributed by atoms with E-state index in [2.05, 4.69) is 0 Å². The number of aliphatic hydroxyl groups is 8. The van der Waals surface area contributed by atoms with Crippen molar-refractivity contribution in [1.29, 1.82) is 0 Å². The Hall–Kier alpha value is -5.84. The molecule has 0 aliphatic carbocycles. The topological polar surface area (TPSA) is 363 Å². The molecule has 3 aromatic carbocycles. The van der Waals surface area contributed by atoms with Crippen molar-refractivity contribution in [3.8, 4) is 57.3 Å². The molecule has 7 rings (SSSR count). The summed E-state index contributed by atoms with van der Waals surface area (Å²) in [5.41, 5.74) is 0.418. The molecule has 14 atom stereocenters. The van der Waals surface area contributed by atoms with Gasteiger partial charge in [-0.05, 0) is 35.9 Å². The number of hydrogen-bond acceptors (Lipinski definition) is 23. The predicted molar refractivity (Wildman–Crippen MR) is 225 cm³/mol. The van der Waals surface area contributed by atoms with Crippen LogP contribution in [0.3, 0.4) is 0 Å². The van der Waals surface area contributed by atoms with E-state index in [1.165, 1.54) is 39.5 Å². The fourth-order valence-electron chi connectivity index (χ4n) is 7.56. The third-order valence-electron chi connectivity index (χ3n) is 11.3. The van der Waals surface area contributed by atoms with Gasteiger partial charge in [0.25, 0.3) is 0 Å². The van der Waals surface area contributed by atoms with Gasteiger partial charge in [0.05, 0.1) is 46.2 Å². The van der Waals surface area contributed by atoms with Crippen molar-refractivity contribution in [2.75, 3.05) is 41.2 Å². The number of fused-ring (bicyclic) bond motifs is 1. The molecule has 24 nitrogen and oxygen atoms in total. The summed E-state index contributed by atoms with van der Waals surface area (Å²) in [5, 5.41) is 128. The Bertz CT molecular complexity index is 2410. The number of benzene rings is 3. The van der Waals surface area contributed by atoms with Crippen molar-refractivity contribution in [2.24, 2.45) is 0 Å². The molecule has 0 amide bonds. The monoisotopic (exact) mass is 963 g/mol. The van der Waals surface area contributed by atoms with Crippen molar-refractivity contribution in [1.82, 2.24) is 0 Å². The number of phenolic OH excluding ortho intramolecular Hbond substituents is 4. The Morgan fingerprint density at radius 1 is 0.676 bits per heavy atom. The van der Waals surface area contributed by atoms with E-state index in [-0.39, 0.29) is 28.0 Å². The van der Waals surface area contributed by atoms with Gasteiger partial charge in [0.15, 0.2) is 41.7 Å². The van der Waals surface area contributed by atoms with E-state index in [9.17, 15) is 66.1 Å². The quantitative estimate of drug-likeness (QED) is 0.0293. The highest BCUT2D eigenvalue weighted by Crippen LogP contribution is 2.43. The van der Waals surface area contributed by atoms with Crippen molar-refractivity contribution in [2.45, 2.75) is 86.0 Å². The van der Waals surface area contributed by atoms with E-state index in [0.717, 1.165) is 30.3 Å². The van der Waals surface area contributed by atoms with Gasteiger partial charge in [-0.15, -0.1) is 0 Å². The zero-order valence-corrected chi connectivity index (χ0v) is 36.2. The molecule has 4 heterocycles. The van der Waals surface area contributed by atoms with Gasteiger partial charge in [0.2, 0.25) is 17.8 Å². The zero-order valence-electron chi connectivity index (χ0n) is 36.2. The van der Waals surface area contributed by atoms with Crippen LogP contribution in [0.2, 0.25) is 0 Å². The van der Waals surface area contributed by atoms with E-state index in [1.807, 2.05) is 0 Å². The fraction of sp³-hybridized carbons (Fsp3) is 0.455. The maximum atomic E-state index is 12.7. The number of carbonyl (C=O) groups is 1. The largest absolute Gasteiger partial charge is 0.507 e.